The Hall–Kier alpha value is -2.22. The van der Waals surface area contributed by atoms with E-state index in [1.807, 2.05) is 37.3 Å². The first-order valence-electron chi connectivity index (χ1n) is 8.84. The predicted molar refractivity (Wildman–Crippen MR) is 114 cm³/mol. The highest BCUT2D eigenvalue weighted by atomic mass is 35.5. The van der Waals surface area contributed by atoms with E-state index in [9.17, 15) is 4.79 Å². The van der Waals surface area contributed by atoms with Crippen molar-refractivity contribution >= 4 is 40.9 Å². The van der Waals surface area contributed by atoms with Gasteiger partial charge < -0.3 is 14.5 Å². The Bertz CT molecular complexity index is 969. The van der Waals surface area contributed by atoms with E-state index in [1.165, 1.54) is 0 Å². The van der Waals surface area contributed by atoms with Crippen LogP contribution in [0.25, 0.3) is 0 Å². The van der Waals surface area contributed by atoms with Gasteiger partial charge >= 0.3 is 0 Å². The Labute approximate surface area is 182 Å². The van der Waals surface area contributed by atoms with Gasteiger partial charge in [0.05, 0.1) is 16.8 Å². The fraction of sp³-hybridized carbons (Fsp3) is 0.250. The van der Waals surface area contributed by atoms with Gasteiger partial charge in [-0.1, -0.05) is 65.3 Å². The van der Waals surface area contributed by atoms with Gasteiger partial charge in [-0.3, -0.25) is 4.79 Å². The van der Waals surface area contributed by atoms with Crippen LogP contribution in [0, 0.1) is 0 Å². The SMILES string of the molecule is C[C@H](NC(=O)CSc1nnc([C@H](C)Oc2ccc(Cl)cc2Cl)o1)c1ccccc1. The van der Waals surface area contributed by atoms with Crippen molar-refractivity contribution in [1.82, 2.24) is 15.5 Å². The van der Waals surface area contributed by atoms with Gasteiger partial charge in [-0.25, -0.2) is 0 Å². The van der Waals surface area contributed by atoms with Crippen molar-refractivity contribution < 1.29 is 13.9 Å². The maximum absolute atomic E-state index is 12.2. The molecule has 6 nitrogen and oxygen atoms in total. The number of ether oxygens (including phenoxy) is 1. The second-order valence-electron chi connectivity index (χ2n) is 6.23. The molecule has 0 aliphatic carbocycles. The molecule has 0 bridgehead atoms. The summed E-state index contributed by atoms with van der Waals surface area (Å²) in [6.45, 7) is 3.70. The van der Waals surface area contributed by atoms with Crippen LogP contribution in [0.1, 0.15) is 37.4 Å². The summed E-state index contributed by atoms with van der Waals surface area (Å²) >= 11 is 13.2. The minimum atomic E-state index is -0.512. The van der Waals surface area contributed by atoms with Crippen molar-refractivity contribution in [3.63, 3.8) is 0 Å². The van der Waals surface area contributed by atoms with Crippen LogP contribution in [0.15, 0.2) is 58.2 Å². The summed E-state index contributed by atoms with van der Waals surface area (Å²) in [5.74, 6) is 0.794. The van der Waals surface area contributed by atoms with Crippen LogP contribution in [0.2, 0.25) is 10.0 Å². The molecule has 0 saturated heterocycles. The number of hydrogen-bond acceptors (Lipinski definition) is 6. The van der Waals surface area contributed by atoms with Crippen LogP contribution in [-0.4, -0.2) is 21.9 Å². The van der Waals surface area contributed by atoms with Gasteiger partial charge in [-0.05, 0) is 37.6 Å². The predicted octanol–water partition coefficient (Wildman–Crippen LogP) is 5.49. The molecule has 29 heavy (non-hydrogen) atoms. The summed E-state index contributed by atoms with van der Waals surface area (Å²) in [5, 5.41) is 12.1. The van der Waals surface area contributed by atoms with Crippen LogP contribution in [0.4, 0.5) is 0 Å². The largest absolute Gasteiger partial charge is 0.479 e. The zero-order valence-corrected chi connectivity index (χ0v) is 18.1. The fourth-order valence-electron chi connectivity index (χ4n) is 2.49. The second-order valence-corrected chi connectivity index (χ2v) is 8.00. The van der Waals surface area contributed by atoms with Gasteiger partial charge in [0.2, 0.25) is 5.91 Å². The minimum absolute atomic E-state index is 0.0832. The molecule has 1 aromatic heterocycles. The quantitative estimate of drug-likeness (QED) is 0.456. The summed E-state index contributed by atoms with van der Waals surface area (Å²) in [6.07, 6.45) is -0.512. The van der Waals surface area contributed by atoms with Gasteiger partial charge in [0.25, 0.3) is 11.1 Å². The molecule has 3 aromatic rings. The molecule has 0 aliphatic heterocycles. The number of hydrogen-bond donors (Lipinski definition) is 1. The molecule has 0 radical (unpaired) electrons. The van der Waals surface area contributed by atoms with Gasteiger partial charge in [0.15, 0.2) is 6.10 Å². The Morgan fingerprint density at radius 2 is 1.93 bits per heavy atom. The van der Waals surface area contributed by atoms with E-state index in [1.54, 1.807) is 25.1 Å². The van der Waals surface area contributed by atoms with Crippen LogP contribution in [0.5, 0.6) is 5.75 Å². The summed E-state index contributed by atoms with van der Waals surface area (Å²) in [5.41, 5.74) is 1.04. The van der Waals surface area contributed by atoms with E-state index >= 15 is 0 Å². The molecule has 0 spiro atoms. The van der Waals surface area contributed by atoms with Gasteiger partial charge in [-0.15, -0.1) is 10.2 Å². The van der Waals surface area contributed by atoms with Crippen LogP contribution < -0.4 is 10.1 Å². The monoisotopic (exact) mass is 451 g/mol. The lowest BCUT2D eigenvalue weighted by molar-refractivity contribution is -0.119. The van der Waals surface area contributed by atoms with E-state index in [0.29, 0.717) is 21.0 Å². The Kier molecular flexibility index (Phi) is 7.41. The highest BCUT2D eigenvalue weighted by Crippen LogP contribution is 2.31. The minimum Gasteiger partial charge on any atom is -0.479 e. The summed E-state index contributed by atoms with van der Waals surface area (Å²) in [4.78, 5) is 12.2. The number of rotatable bonds is 8. The summed E-state index contributed by atoms with van der Waals surface area (Å²) in [6, 6.07) is 14.6. The molecule has 3 rings (SSSR count). The third-order valence-electron chi connectivity index (χ3n) is 3.97. The molecule has 0 saturated carbocycles. The molecule has 0 aliphatic rings. The smallest absolute Gasteiger partial charge is 0.277 e. The van der Waals surface area contributed by atoms with Crippen LogP contribution in [0.3, 0.4) is 0 Å². The first-order valence-corrected chi connectivity index (χ1v) is 10.6. The number of carbonyl (C=O) groups excluding carboxylic acids is 1. The lowest BCUT2D eigenvalue weighted by Gasteiger charge is -2.13. The number of nitrogens with zero attached hydrogens (tertiary/aromatic N) is 2. The van der Waals surface area contributed by atoms with E-state index in [4.69, 9.17) is 32.4 Å². The first-order chi connectivity index (χ1) is 13.9. The lowest BCUT2D eigenvalue weighted by atomic mass is 10.1. The number of halogens is 2. The number of benzene rings is 2. The average Bonchev–Trinajstić information content (AvgIpc) is 3.18. The molecule has 9 heteroatoms. The molecule has 1 N–H and O–H groups in total. The molecular weight excluding hydrogens is 433 g/mol. The number of thioether (sulfide) groups is 1. The molecule has 2 atom stereocenters. The zero-order valence-electron chi connectivity index (χ0n) is 15.8. The van der Waals surface area contributed by atoms with Crippen molar-refractivity contribution in [2.75, 3.05) is 5.75 Å². The van der Waals surface area contributed by atoms with Crippen molar-refractivity contribution in [2.24, 2.45) is 0 Å². The van der Waals surface area contributed by atoms with Crippen molar-refractivity contribution in [3.05, 3.63) is 70.0 Å². The number of carbonyl (C=O) groups is 1. The topological polar surface area (TPSA) is 77.2 Å². The van der Waals surface area contributed by atoms with Crippen LogP contribution in [-0.2, 0) is 4.79 Å². The summed E-state index contributed by atoms with van der Waals surface area (Å²) in [7, 11) is 0. The zero-order chi connectivity index (χ0) is 20.8. The Balaban J connectivity index is 1.51. The molecule has 152 valence electrons. The summed E-state index contributed by atoms with van der Waals surface area (Å²) < 4.78 is 11.3. The Morgan fingerprint density at radius 3 is 2.66 bits per heavy atom. The van der Waals surface area contributed by atoms with E-state index < -0.39 is 6.10 Å². The first kappa shape index (κ1) is 21.5. The lowest BCUT2D eigenvalue weighted by Crippen LogP contribution is -2.28. The second kappa shape index (κ2) is 10.0. The van der Waals surface area contributed by atoms with Gasteiger partial charge in [-0.2, -0.15) is 0 Å². The number of aromatic nitrogens is 2. The third-order valence-corrected chi connectivity index (χ3v) is 5.32. The van der Waals surface area contributed by atoms with Crippen molar-refractivity contribution in [2.45, 2.75) is 31.2 Å². The maximum atomic E-state index is 12.2. The highest BCUT2D eigenvalue weighted by molar-refractivity contribution is 7.99. The van der Waals surface area contributed by atoms with Crippen molar-refractivity contribution in [3.8, 4) is 5.75 Å². The number of amides is 1. The average molecular weight is 452 g/mol. The molecule has 1 heterocycles. The number of nitrogens with one attached hydrogen (secondary N) is 1. The van der Waals surface area contributed by atoms with E-state index in [-0.39, 0.29) is 23.6 Å². The molecule has 2 aromatic carbocycles. The fourth-order valence-corrected chi connectivity index (χ4v) is 3.52. The maximum Gasteiger partial charge on any atom is 0.277 e. The van der Waals surface area contributed by atoms with Crippen LogP contribution >= 0.6 is 35.0 Å². The third kappa shape index (κ3) is 6.13. The normalized spacial score (nSPS) is 13.0. The van der Waals surface area contributed by atoms with Gasteiger partial charge in [0.1, 0.15) is 5.75 Å². The molecule has 0 unspecified atom stereocenters. The molecule has 0 fully saturated rings. The molecular formula is C20H19Cl2N3O3S. The van der Waals surface area contributed by atoms with Gasteiger partial charge in [0, 0.05) is 5.02 Å². The Morgan fingerprint density at radius 1 is 1.17 bits per heavy atom. The van der Waals surface area contributed by atoms with Crippen molar-refractivity contribution in [1.29, 1.82) is 0 Å². The highest BCUT2D eigenvalue weighted by Gasteiger charge is 2.18. The van der Waals surface area contributed by atoms with E-state index in [0.717, 1.165) is 17.3 Å². The molecule has 1 amide bonds. The van der Waals surface area contributed by atoms with E-state index in [2.05, 4.69) is 15.5 Å². The standard InChI is InChI=1S/C20H19Cl2N3O3S/c1-12(14-6-4-3-5-7-14)23-18(26)11-29-20-25-24-19(28-20)13(2)27-17-9-8-15(21)10-16(17)22/h3-10,12-13H,11H2,1-2H3,(H,23,26)/t12-,13-/m0/s1.